The first kappa shape index (κ1) is 23.4. The Morgan fingerprint density at radius 2 is 1.19 bits per heavy atom. The lowest BCUT2D eigenvalue weighted by Crippen LogP contribution is -2.19. The van der Waals surface area contributed by atoms with Crippen LogP contribution >= 0.6 is 11.8 Å². The van der Waals surface area contributed by atoms with E-state index in [4.69, 9.17) is 0 Å². The van der Waals surface area contributed by atoms with Gasteiger partial charge in [-0.25, -0.2) is 0 Å². The van der Waals surface area contributed by atoms with E-state index >= 15 is 0 Å². The number of benzene rings is 5. The van der Waals surface area contributed by atoms with Gasteiger partial charge in [0.15, 0.2) is 0 Å². The van der Waals surface area contributed by atoms with Gasteiger partial charge in [-0.15, -0.1) is 11.8 Å². The van der Waals surface area contributed by atoms with Crippen molar-refractivity contribution in [3.63, 3.8) is 0 Å². The van der Waals surface area contributed by atoms with E-state index in [9.17, 15) is 9.59 Å². The van der Waals surface area contributed by atoms with Crippen molar-refractivity contribution in [2.24, 2.45) is 0 Å². The summed E-state index contributed by atoms with van der Waals surface area (Å²) in [7, 11) is 0. The molecule has 0 saturated carbocycles. The number of carbonyl (C=O) groups excluding carboxylic acids is 2. The maximum absolute atomic E-state index is 13.2. The molecule has 5 heteroatoms. The fourth-order valence-electron chi connectivity index (χ4n) is 3.92. The Hall–Kier alpha value is -4.35. The third kappa shape index (κ3) is 5.65. The lowest BCUT2D eigenvalue weighted by molar-refractivity contribution is -0.115. The Kier molecular flexibility index (Phi) is 7.10. The van der Waals surface area contributed by atoms with Crippen molar-refractivity contribution in [3.8, 4) is 0 Å². The number of hydrogen-bond donors (Lipinski definition) is 2. The SMILES string of the molecule is O=C(Nc1ccc(SC(C(=O)Nc2ccccc2)c2ccccc2)cc1)c1ccc2ccccc2c1. The fraction of sp³-hybridized carbons (Fsp3) is 0.0323. The molecule has 0 spiro atoms. The summed E-state index contributed by atoms with van der Waals surface area (Å²) in [6.45, 7) is 0. The quantitative estimate of drug-likeness (QED) is 0.232. The van der Waals surface area contributed by atoms with Gasteiger partial charge in [0.25, 0.3) is 5.91 Å². The van der Waals surface area contributed by atoms with Crippen LogP contribution in [0.2, 0.25) is 0 Å². The summed E-state index contributed by atoms with van der Waals surface area (Å²) in [6.07, 6.45) is 0. The van der Waals surface area contributed by atoms with Crippen LogP contribution in [0.3, 0.4) is 0 Å². The van der Waals surface area contributed by atoms with Crippen LogP contribution in [-0.4, -0.2) is 11.8 Å². The maximum Gasteiger partial charge on any atom is 0.255 e. The van der Waals surface area contributed by atoms with Crippen LogP contribution in [0.4, 0.5) is 11.4 Å². The van der Waals surface area contributed by atoms with Crippen LogP contribution in [-0.2, 0) is 4.79 Å². The number of thioether (sulfide) groups is 1. The van der Waals surface area contributed by atoms with Crippen LogP contribution < -0.4 is 10.6 Å². The van der Waals surface area contributed by atoms with Crippen molar-refractivity contribution in [1.29, 1.82) is 0 Å². The first-order chi connectivity index (χ1) is 17.7. The molecule has 0 aliphatic rings. The normalized spacial score (nSPS) is 11.6. The summed E-state index contributed by atoms with van der Waals surface area (Å²) in [4.78, 5) is 26.9. The molecular weight excluding hydrogens is 464 g/mol. The van der Waals surface area contributed by atoms with E-state index in [0.717, 1.165) is 26.9 Å². The van der Waals surface area contributed by atoms with Crippen molar-refractivity contribution < 1.29 is 9.59 Å². The zero-order valence-electron chi connectivity index (χ0n) is 19.4. The summed E-state index contributed by atoms with van der Waals surface area (Å²) >= 11 is 1.47. The van der Waals surface area contributed by atoms with E-state index in [-0.39, 0.29) is 11.8 Å². The first-order valence-electron chi connectivity index (χ1n) is 11.6. The van der Waals surface area contributed by atoms with Crippen LogP contribution in [0.15, 0.2) is 132 Å². The Morgan fingerprint density at radius 3 is 1.92 bits per heavy atom. The number of amides is 2. The fourth-order valence-corrected chi connectivity index (χ4v) is 4.94. The second-order valence-electron chi connectivity index (χ2n) is 8.30. The van der Waals surface area contributed by atoms with Crippen LogP contribution in [0, 0.1) is 0 Å². The Bertz CT molecular complexity index is 1490. The van der Waals surface area contributed by atoms with E-state index in [0.29, 0.717) is 11.3 Å². The summed E-state index contributed by atoms with van der Waals surface area (Å²) in [5.74, 6) is -0.253. The molecule has 5 aromatic carbocycles. The van der Waals surface area contributed by atoms with Gasteiger partial charge in [-0.3, -0.25) is 9.59 Å². The molecule has 176 valence electrons. The molecule has 1 atom stereocenters. The van der Waals surface area contributed by atoms with Crippen LogP contribution in [0.25, 0.3) is 10.8 Å². The van der Waals surface area contributed by atoms with Gasteiger partial charge < -0.3 is 10.6 Å². The minimum Gasteiger partial charge on any atom is -0.325 e. The largest absolute Gasteiger partial charge is 0.325 e. The molecule has 2 N–H and O–H groups in total. The highest BCUT2D eigenvalue weighted by atomic mass is 32.2. The van der Waals surface area contributed by atoms with Crippen molar-refractivity contribution in [1.82, 2.24) is 0 Å². The molecule has 0 aliphatic carbocycles. The number of nitrogens with one attached hydrogen (secondary N) is 2. The molecule has 0 heterocycles. The monoisotopic (exact) mass is 488 g/mol. The van der Waals surface area contributed by atoms with Gasteiger partial charge in [-0.05, 0) is 64.9 Å². The molecule has 4 nitrogen and oxygen atoms in total. The van der Waals surface area contributed by atoms with Crippen molar-refractivity contribution in [3.05, 3.63) is 139 Å². The molecule has 5 rings (SSSR count). The minimum atomic E-state index is -0.426. The Morgan fingerprint density at radius 1 is 0.583 bits per heavy atom. The summed E-state index contributed by atoms with van der Waals surface area (Å²) in [5.41, 5.74) is 2.98. The average Bonchev–Trinajstić information content (AvgIpc) is 2.93. The molecule has 0 bridgehead atoms. The van der Waals surface area contributed by atoms with Crippen molar-refractivity contribution in [2.75, 3.05) is 10.6 Å². The molecule has 5 aromatic rings. The summed E-state index contributed by atoms with van der Waals surface area (Å²) in [6, 6.07) is 40.4. The lowest BCUT2D eigenvalue weighted by Gasteiger charge is -2.17. The standard InChI is InChI=1S/C31H24N2O2S/c34-30(25-16-15-22-9-7-8-12-24(22)21-25)32-27-17-19-28(20-18-27)36-29(23-10-3-1-4-11-23)31(35)33-26-13-5-2-6-14-26/h1-21,29H,(H,32,34)(H,33,35). The Balaban J connectivity index is 1.30. The van der Waals surface area contributed by atoms with E-state index < -0.39 is 5.25 Å². The van der Waals surface area contributed by atoms with Gasteiger partial charge in [0.1, 0.15) is 5.25 Å². The molecule has 0 aromatic heterocycles. The van der Waals surface area contributed by atoms with Gasteiger partial charge in [0, 0.05) is 21.8 Å². The highest BCUT2D eigenvalue weighted by Crippen LogP contribution is 2.36. The minimum absolute atomic E-state index is 0.0916. The number of para-hydroxylation sites is 1. The van der Waals surface area contributed by atoms with E-state index in [1.54, 1.807) is 0 Å². The number of anilines is 2. The second-order valence-corrected chi connectivity index (χ2v) is 9.48. The molecular formula is C31H24N2O2S. The summed E-state index contributed by atoms with van der Waals surface area (Å²) < 4.78 is 0. The Labute approximate surface area is 214 Å². The van der Waals surface area contributed by atoms with Gasteiger partial charge >= 0.3 is 0 Å². The molecule has 0 radical (unpaired) electrons. The average molecular weight is 489 g/mol. The van der Waals surface area contributed by atoms with Gasteiger partial charge in [0.2, 0.25) is 5.91 Å². The topological polar surface area (TPSA) is 58.2 Å². The van der Waals surface area contributed by atoms with Crippen molar-refractivity contribution in [2.45, 2.75) is 10.1 Å². The van der Waals surface area contributed by atoms with E-state index in [2.05, 4.69) is 10.6 Å². The van der Waals surface area contributed by atoms with Gasteiger partial charge in [-0.1, -0.05) is 78.9 Å². The predicted octanol–water partition coefficient (Wildman–Crippen LogP) is 7.56. The van der Waals surface area contributed by atoms with Gasteiger partial charge in [-0.2, -0.15) is 0 Å². The highest BCUT2D eigenvalue weighted by molar-refractivity contribution is 8.00. The zero-order valence-corrected chi connectivity index (χ0v) is 20.2. The van der Waals surface area contributed by atoms with Gasteiger partial charge in [0.05, 0.1) is 0 Å². The molecule has 2 amide bonds. The number of rotatable bonds is 7. The van der Waals surface area contributed by atoms with Crippen LogP contribution in [0.5, 0.6) is 0 Å². The third-order valence-electron chi connectivity index (χ3n) is 5.76. The summed E-state index contributed by atoms with van der Waals surface area (Å²) in [5, 5.41) is 7.67. The molecule has 0 aliphatic heterocycles. The zero-order chi connectivity index (χ0) is 24.7. The predicted molar refractivity (Wildman–Crippen MR) is 148 cm³/mol. The van der Waals surface area contributed by atoms with Crippen LogP contribution in [0.1, 0.15) is 21.2 Å². The smallest absolute Gasteiger partial charge is 0.255 e. The number of carbonyl (C=O) groups is 2. The molecule has 1 unspecified atom stereocenters. The molecule has 0 fully saturated rings. The highest BCUT2D eigenvalue weighted by Gasteiger charge is 2.22. The van der Waals surface area contributed by atoms with E-state index in [1.807, 2.05) is 127 Å². The van der Waals surface area contributed by atoms with E-state index in [1.165, 1.54) is 11.8 Å². The van der Waals surface area contributed by atoms with Crippen molar-refractivity contribution >= 4 is 45.7 Å². The third-order valence-corrected chi connectivity index (χ3v) is 7.03. The lowest BCUT2D eigenvalue weighted by atomic mass is 10.1. The first-order valence-corrected chi connectivity index (χ1v) is 12.5. The second kappa shape index (κ2) is 10.9. The molecule has 36 heavy (non-hydrogen) atoms. The number of fused-ring (bicyclic) bond motifs is 1. The maximum atomic E-state index is 13.2. The number of hydrogen-bond acceptors (Lipinski definition) is 3. The molecule has 0 saturated heterocycles.